The van der Waals surface area contributed by atoms with E-state index in [4.69, 9.17) is 28.1 Å². The first-order chi connectivity index (χ1) is 33.5. The average Bonchev–Trinajstić information content (AvgIpc) is 3.31. The molecule has 3 aromatic rings. The first-order valence-electron chi connectivity index (χ1n) is 24.2. The van der Waals surface area contributed by atoms with Crippen molar-refractivity contribution in [2.75, 3.05) is 6.61 Å². The minimum absolute atomic E-state index is 0.00983. The number of esters is 5. The second kappa shape index (κ2) is 20.8. The Bertz CT molecular complexity index is 2580. The van der Waals surface area contributed by atoms with Gasteiger partial charge in [0.25, 0.3) is 5.91 Å². The van der Waals surface area contributed by atoms with Crippen LogP contribution >= 0.6 is 0 Å². The summed E-state index contributed by atoms with van der Waals surface area (Å²) in [5.74, 6) is -7.74. The van der Waals surface area contributed by atoms with Gasteiger partial charge in [0, 0.05) is 38.2 Å². The van der Waals surface area contributed by atoms with Crippen LogP contribution < -0.4 is 5.32 Å². The molecule has 0 saturated heterocycles. The molecule has 3 N–H and O–H groups in total. The van der Waals surface area contributed by atoms with E-state index < -0.39 is 132 Å². The summed E-state index contributed by atoms with van der Waals surface area (Å²) in [6.07, 6.45) is -9.55. The third-order valence-electron chi connectivity index (χ3n) is 15.6. The van der Waals surface area contributed by atoms with Gasteiger partial charge in [0.1, 0.15) is 24.4 Å². The van der Waals surface area contributed by atoms with Gasteiger partial charge in [-0.3, -0.25) is 24.0 Å². The van der Waals surface area contributed by atoms with Crippen molar-refractivity contribution in [3.05, 3.63) is 119 Å². The zero-order chi connectivity index (χ0) is 53.4. The highest BCUT2D eigenvalue weighted by Gasteiger charge is 2.74. The molecule has 0 heterocycles. The van der Waals surface area contributed by atoms with Crippen molar-refractivity contribution in [3.8, 4) is 0 Å². The molecule has 10 atom stereocenters. The van der Waals surface area contributed by atoms with Crippen LogP contribution in [0, 0.1) is 16.7 Å². The topological polar surface area (TPSA) is 227 Å². The molecule has 0 spiro atoms. The Balaban J connectivity index is 1.63. The molecule has 2 saturated carbocycles. The quantitative estimate of drug-likeness (QED) is 0.0622. The normalized spacial score (nSPS) is 27.9. The number of hydrogen-bond donors (Lipinski definition) is 3. The van der Waals surface area contributed by atoms with E-state index in [1.165, 1.54) is 19.1 Å². The average molecular weight is 1010 g/mol. The van der Waals surface area contributed by atoms with Gasteiger partial charge in [0.15, 0.2) is 31.9 Å². The molecule has 3 aliphatic carbocycles. The summed E-state index contributed by atoms with van der Waals surface area (Å²) in [4.78, 5) is 99.4. The third-order valence-corrected chi connectivity index (χ3v) is 20.1. The number of rotatable bonds is 14. The van der Waals surface area contributed by atoms with E-state index in [1.54, 1.807) is 99.6 Å². The first kappa shape index (κ1) is 55.3. The summed E-state index contributed by atoms with van der Waals surface area (Å²) >= 11 is 0. The van der Waals surface area contributed by atoms with Gasteiger partial charge in [-0.25, -0.2) is 9.59 Å². The minimum Gasteiger partial charge on any atom is -0.462 e. The van der Waals surface area contributed by atoms with E-state index in [9.17, 15) is 34.2 Å². The third kappa shape index (κ3) is 10.6. The van der Waals surface area contributed by atoms with Crippen LogP contribution in [0.25, 0.3) is 0 Å². The molecule has 0 aromatic heterocycles. The van der Waals surface area contributed by atoms with Gasteiger partial charge >= 0.3 is 29.8 Å². The summed E-state index contributed by atoms with van der Waals surface area (Å²) in [6.45, 7) is 18.5. The summed E-state index contributed by atoms with van der Waals surface area (Å²) in [5.41, 5.74) is -7.50. The predicted molar refractivity (Wildman–Crippen MR) is 265 cm³/mol. The van der Waals surface area contributed by atoms with E-state index >= 15 is 9.59 Å². The number of amides is 1. The predicted octanol–water partition coefficient (Wildman–Crippen LogP) is 7.32. The number of aliphatic hydroxyl groups excluding tert-OH is 1. The summed E-state index contributed by atoms with van der Waals surface area (Å²) in [7, 11) is -2.97. The number of nitrogens with one attached hydrogen (secondary N) is 1. The Morgan fingerprint density at radius 2 is 1.35 bits per heavy atom. The number of hydrogen-bond acceptors (Lipinski definition) is 15. The lowest BCUT2D eigenvalue weighted by Crippen LogP contribution is -2.76. The molecule has 2 fully saturated rings. The molecule has 0 unspecified atom stereocenters. The summed E-state index contributed by atoms with van der Waals surface area (Å²) in [5, 5.41) is 28.9. The fraction of sp³-hybridized carbons (Fsp3) is 0.509. The van der Waals surface area contributed by atoms with Crippen LogP contribution in [0.1, 0.15) is 121 Å². The van der Waals surface area contributed by atoms with Crippen molar-refractivity contribution in [2.24, 2.45) is 16.7 Å². The van der Waals surface area contributed by atoms with Crippen LogP contribution in [0.15, 0.2) is 102 Å². The van der Waals surface area contributed by atoms with Gasteiger partial charge in [-0.05, 0) is 85.8 Å². The van der Waals surface area contributed by atoms with E-state index in [0.717, 1.165) is 20.8 Å². The maximum atomic E-state index is 15.9. The van der Waals surface area contributed by atoms with Gasteiger partial charge in [-0.2, -0.15) is 0 Å². The second-order valence-corrected chi connectivity index (χ2v) is 26.4. The Morgan fingerprint density at radius 3 is 1.88 bits per heavy atom. The second-order valence-electron chi connectivity index (χ2n) is 21.6. The van der Waals surface area contributed by atoms with Crippen molar-refractivity contribution in [1.29, 1.82) is 0 Å². The number of aliphatic hydroxyl groups is 2. The lowest BCUT2D eigenvalue weighted by Gasteiger charge is -2.63. The summed E-state index contributed by atoms with van der Waals surface area (Å²) in [6, 6.07) is 23.8. The van der Waals surface area contributed by atoms with E-state index in [-0.39, 0.29) is 29.6 Å². The van der Waals surface area contributed by atoms with Gasteiger partial charge in [-0.15, -0.1) is 0 Å². The molecule has 3 aromatic carbocycles. The number of fused-ring (bicyclic) bond motifs is 3. The van der Waals surface area contributed by atoms with Crippen LogP contribution in [0.3, 0.4) is 0 Å². The smallest absolute Gasteiger partial charge is 0.338 e. The van der Waals surface area contributed by atoms with Gasteiger partial charge in [0.05, 0.1) is 29.0 Å². The van der Waals surface area contributed by atoms with Crippen molar-refractivity contribution < 1.29 is 71.9 Å². The zero-order valence-electron chi connectivity index (χ0n) is 43.2. The maximum absolute atomic E-state index is 15.9. The van der Waals surface area contributed by atoms with Crippen molar-refractivity contribution in [3.63, 3.8) is 0 Å². The molecule has 2 bridgehead atoms. The molecular formula is C55H69NO15Si. The molecule has 3 aliphatic rings. The Kier molecular flexibility index (Phi) is 16.0. The van der Waals surface area contributed by atoms with E-state index in [0.29, 0.717) is 11.1 Å². The molecule has 72 heavy (non-hydrogen) atoms. The van der Waals surface area contributed by atoms with E-state index in [1.807, 2.05) is 33.9 Å². The largest absolute Gasteiger partial charge is 0.462 e. The Hall–Kier alpha value is -6.01. The first-order valence-corrected chi connectivity index (χ1v) is 27.1. The lowest BCUT2D eigenvalue weighted by atomic mass is 9.45. The molecule has 388 valence electrons. The fourth-order valence-corrected chi connectivity index (χ4v) is 11.9. The number of carbonyl (C=O) groups excluding carboxylic acids is 7. The molecule has 17 heteroatoms. The van der Waals surface area contributed by atoms with Crippen molar-refractivity contribution in [2.45, 2.75) is 154 Å². The van der Waals surface area contributed by atoms with Crippen LogP contribution in [0.4, 0.5) is 0 Å². The minimum atomic E-state index is -2.97. The van der Waals surface area contributed by atoms with Crippen molar-refractivity contribution >= 4 is 49.9 Å². The number of Topliss-reactive ketones (excluding diaryl/α,β-unsaturated/α-hetero) is 1. The summed E-state index contributed by atoms with van der Waals surface area (Å²) < 4.78 is 37.8. The molecule has 16 nitrogen and oxygen atoms in total. The highest BCUT2D eigenvalue weighted by Crippen LogP contribution is 2.63. The SMILES string of the molecule is CC(=O)OC[C@]1(OC(C)=O)CC[C@H](O)[C@@]2(C)C(=O)[C@H](OC(C)=O)C3=C(C)[C@@H](OC(=O)[C@H](O[Si](C)(C)C(C)(C)C)[C@@H](NC(=O)c4ccccc4)c4ccccc4)C[C@@](O)([C@@H](OC(=O)c4ccccc4)[C@H]12)C3(C)C. The molecular weight excluding hydrogens is 943 g/mol. The van der Waals surface area contributed by atoms with Crippen LogP contribution in [-0.4, -0.2) is 108 Å². The number of ketones is 1. The maximum Gasteiger partial charge on any atom is 0.338 e. The van der Waals surface area contributed by atoms with Crippen LogP contribution in [0.2, 0.25) is 18.1 Å². The van der Waals surface area contributed by atoms with Gasteiger partial charge in [0.2, 0.25) is 0 Å². The lowest BCUT2D eigenvalue weighted by molar-refractivity contribution is -0.269. The number of benzene rings is 3. The highest BCUT2D eigenvalue weighted by atomic mass is 28.4. The molecule has 6 rings (SSSR count). The molecule has 0 radical (unpaired) electrons. The van der Waals surface area contributed by atoms with Gasteiger partial charge < -0.3 is 43.6 Å². The molecule has 1 amide bonds. The van der Waals surface area contributed by atoms with Gasteiger partial charge in [-0.1, -0.05) is 101 Å². The van der Waals surface area contributed by atoms with Crippen LogP contribution in [0.5, 0.6) is 0 Å². The standard InChI is InChI=1S/C55H69NO15Si/c1-32-39(68-50(64)44(71-72(11,12)51(5,6)7)42(36-22-16-13-17-23-36)56-48(62)37-24-18-14-19-25-37)30-55(65)47(69-49(63)38-26-20-15-21-27-38)45-53(10,46(61)43(67-34(3)58)41(32)52(55,8)9)40(60)28-29-54(45,70-35(4)59)31-66-33(2)57/h13-27,39-40,42-45,47,60,65H,28-31H2,1-12H3,(H,56,62)/t39-,40-,42-,43+,44+,45-,47-,53+,54+,55+/m0/s1. The highest BCUT2D eigenvalue weighted by molar-refractivity contribution is 6.74. The monoisotopic (exact) mass is 1010 g/mol. The Morgan fingerprint density at radius 1 is 0.792 bits per heavy atom. The number of ether oxygens (including phenoxy) is 5. The molecule has 0 aliphatic heterocycles. The zero-order valence-corrected chi connectivity index (χ0v) is 44.2. The number of carbonyl (C=O) groups is 7. The van der Waals surface area contributed by atoms with Crippen molar-refractivity contribution in [1.82, 2.24) is 5.32 Å². The Labute approximate surface area is 422 Å². The van der Waals surface area contributed by atoms with E-state index in [2.05, 4.69) is 5.32 Å². The fourth-order valence-electron chi connectivity index (χ4n) is 10.7. The van der Waals surface area contributed by atoms with Crippen LogP contribution in [-0.2, 0) is 52.1 Å².